The Kier molecular flexibility index (Phi) is 5.27. The summed E-state index contributed by atoms with van der Waals surface area (Å²) in [5.41, 5.74) is 0.576. The first kappa shape index (κ1) is 15.9. The molecule has 1 heterocycles. The second-order valence-electron chi connectivity index (χ2n) is 5.12. The minimum atomic E-state index is -0.534. The van der Waals surface area contributed by atoms with Gasteiger partial charge in [-0.3, -0.25) is 4.79 Å². The Balaban J connectivity index is 2.25. The predicted octanol–water partition coefficient (Wildman–Crippen LogP) is 2.14. The van der Waals surface area contributed by atoms with Gasteiger partial charge in [-0.25, -0.2) is 4.39 Å². The standard InChI is InChI=1S/C16H18FNO2S/c1-11-9-18(10-12(2)21-11)16(20)14-8-13(4-3-7-19)5-6-15(14)17/h5-6,8,11-12,19H,7,9-10H2,1-2H3. The molecule has 21 heavy (non-hydrogen) atoms. The van der Waals surface area contributed by atoms with E-state index in [4.69, 9.17) is 5.11 Å². The number of aliphatic hydroxyl groups is 1. The van der Waals surface area contributed by atoms with Crippen LogP contribution >= 0.6 is 11.8 Å². The summed E-state index contributed by atoms with van der Waals surface area (Å²) in [4.78, 5) is 14.2. The monoisotopic (exact) mass is 307 g/mol. The maximum absolute atomic E-state index is 13.9. The zero-order valence-corrected chi connectivity index (χ0v) is 12.9. The molecule has 1 amide bonds. The van der Waals surface area contributed by atoms with Crippen molar-refractivity contribution in [1.82, 2.24) is 4.90 Å². The van der Waals surface area contributed by atoms with Crippen molar-refractivity contribution in [1.29, 1.82) is 0 Å². The van der Waals surface area contributed by atoms with Crippen LogP contribution in [0.2, 0.25) is 0 Å². The molecule has 1 aromatic carbocycles. The highest BCUT2D eigenvalue weighted by molar-refractivity contribution is 8.00. The fourth-order valence-electron chi connectivity index (χ4n) is 2.42. The molecule has 2 atom stereocenters. The van der Waals surface area contributed by atoms with Gasteiger partial charge in [-0.05, 0) is 18.2 Å². The van der Waals surface area contributed by atoms with Crippen molar-refractivity contribution in [2.45, 2.75) is 24.3 Å². The van der Waals surface area contributed by atoms with Crippen molar-refractivity contribution in [3.8, 4) is 11.8 Å². The fraction of sp³-hybridized carbons (Fsp3) is 0.438. The number of hydrogen-bond donors (Lipinski definition) is 1. The Bertz CT molecular complexity index is 584. The van der Waals surface area contributed by atoms with E-state index in [1.54, 1.807) is 4.90 Å². The maximum atomic E-state index is 13.9. The second kappa shape index (κ2) is 6.97. The second-order valence-corrected chi connectivity index (χ2v) is 7.00. The molecule has 2 rings (SSSR count). The Labute approximate surface area is 128 Å². The van der Waals surface area contributed by atoms with Gasteiger partial charge in [-0.15, -0.1) is 0 Å². The first-order valence-corrected chi connectivity index (χ1v) is 7.79. The number of carbonyl (C=O) groups excluding carboxylic acids is 1. The van der Waals surface area contributed by atoms with Crippen molar-refractivity contribution in [2.24, 2.45) is 0 Å². The molecular formula is C16H18FNO2S. The van der Waals surface area contributed by atoms with E-state index >= 15 is 0 Å². The lowest BCUT2D eigenvalue weighted by Gasteiger charge is -2.34. The summed E-state index contributed by atoms with van der Waals surface area (Å²) in [6.45, 7) is 5.12. The summed E-state index contributed by atoms with van der Waals surface area (Å²) in [6.07, 6.45) is 0. The molecule has 1 fully saturated rings. The summed E-state index contributed by atoms with van der Waals surface area (Å²) in [5.74, 6) is 4.37. The Hall–Kier alpha value is -1.51. The molecule has 1 aliphatic heterocycles. The normalized spacial score (nSPS) is 21.6. The third-order valence-corrected chi connectivity index (χ3v) is 4.44. The van der Waals surface area contributed by atoms with E-state index in [1.165, 1.54) is 18.2 Å². The van der Waals surface area contributed by atoms with Gasteiger partial charge in [0.2, 0.25) is 0 Å². The summed E-state index contributed by atoms with van der Waals surface area (Å²) in [7, 11) is 0. The number of nitrogens with zero attached hydrogens (tertiary/aromatic N) is 1. The zero-order chi connectivity index (χ0) is 15.4. The van der Waals surface area contributed by atoms with Crippen molar-refractivity contribution in [3.05, 3.63) is 35.1 Å². The van der Waals surface area contributed by atoms with Gasteiger partial charge in [0.15, 0.2) is 0 Å². The average molecular weight is 307 g/mol. The van der Waals surface area contributed by atoms with Gasteiger partial charge in [0.25, 0.3) is 5.91 Å². The third-order valence-electron chi connectivity index (χ3n) is 3.22. The minimum absolute atomic E-state index is 0.0473. The Morgan fingerprint density at radius 1 is 1.43 bits per heavy atom. The van der Waals surface area contributed by atoms with Crippen LogP contribution < -0.4 is 0 Å². The summed E-state index contributed by atoms with van der Waals surface area (Å²) < 4.78 is 13.9. The van der Waals surface area contributed by atoms with Gasteiger partial charge in [-0.1, -0.05) is 25.7 Å². The minimum Gasteiger partial charge on any atom is -0.384 e. The molecule has 1 N–H and O–H groups in total. The number of rotatable bonds is 1. The van der Waals surface area contributed by atoms with Crippen LogP contribution in [0.25, 0.3) is 0 Å². The molecule has 0 radical (unpaired) electrons. The van der Waals surface area contributed by atoms with Crippen LogP contribution in [0, 0.1) is 17.7 Å². The fourth-order valence-corrected chi connectivity index (χ4v) is 3.75. The van der Waals surface area contributed by atoms with Gasteiger partial charge in [0.1, 0.15) is 12.4 Å². The molecule has 3 nitrogen and oxygen atoms in total. The number of halogens is 1. The topological polar surface area (TPSA) is 40.5 Å². The molecule has 0 aromatic heterocycles. The maximum Gasteiger partial charge on any atom is 0.256 e. The lowest BCUT2D eigenvalue weighted by Crippen LogP contribution is -2.44. The van der Waals surface area contributed by atoms with E-state index in [9.17, 15) is 9.18 Å². The quantitative estimate of drug-likeness (QED) is 0.808. The molecule has 0 bridgehead atoms. The van der Waals surface area contributed by atoms with Crippen LogP contribution in [0.5, 0.6) is 0 Å². The van der Waals surface area contributed by atoms with Crippen LogP contribution in [0.15, 0.2) is 18.2 Å². The van der Waals surface area contributed by atoms with Crippen LogP contribution in [0.4, 0.5) is 4.39 Å². The van der Waals surface area contributed by atoms with Gasteiger partial charge in [-0.2, -0.15) is 11.8 Å². The molecule has 2 unspecified atom stereocenters. The Morgan fingerprint density at radius 2 is 2.10 bits per heavy atom. The van der Waals surface area contributed by atoms with Crippen molar-refractivity contribution in [2.75, 3.05) is 19.7 Å². The van der Waals surface area contributed by atoms with Crippen LogP contribution in [-0.4, -0.2) is 46.1 Å². The van der Waals surface area contributed by atoms with E-state index in [1.807, 2.05) is 11.8 Å². The molecular weight excluding hydrogens is 289 g/mol. The average Bonchev–Trinajstić information content (AvgIpc) is 2.44. The van der Waals surface area contributed by atoms with Gasteiger partial charge in [0.05, 0.1) is 5.56 Å². The van der Waals surface area contributed by atoms with Gasteiger partial charge < -0.3 is 10.0 Å². The molecule has 0 aliphatic carbocycles. The van der Waals surface area contributed by atoms with Crippen LogP contribution in [-0.2, 0) is 0 Å². The van der Waals surface area contributed by atoms with E-state index in [0.717, 1.165) is 0 Å². The Morgan fingerprint density at radius 3 is 2.71 bits per heavy atom. The van der Waals surface area contributed by atoms with E-state index in [2.05, 4.69) is 25.7 Å². The molecule has 1 aromatic rings. The van der Waals surface area contributed by atoms with E-state index in [-0.39, 0.29) is 18.1 Å². The van der Waals surface area contributed by atoms with Gasteiger partial charge >= 0.3 is 0 Å². The highest BCUT2D eigenvalue weighted by Gasteiger charge is 2.28. The molecule has 1 aliphatic rings. The molecule has 5 heteroatoms. The largest absolute Gasteiger partial charge is 0.384 e. The summed E-state index contributed by atoms with van der Waals surface area (Å²) >= 11 is 1.84. The van der Waals surface area contributed by atoms with Crippen molar-refractivity contribution < 1.29 is 14.3 Å². The molecule has 0 spiro atoms. The zero-order valence-electron chi connectivity index (χ0n) is 12.1. The highest BCUT2D eigenvalue weighted by Crippen LogP contribution is 2.26. The number of amides is 1. The van der Waals surface area contributed by atoms with Crippen molar-refractivity contribution in [3.63, 3.8) is 0 Å². The van der Waals surface area contributed by atoms with Crippen molar-refractivity contribution >= 4 is 17.7 Å². The first-order chi connectivity index (χ1) is 10.0. The first-order valence-electron chi connectivity index (χ1n) is 6.85. The van der Waals surface area contributed by atoms with Crippen LogP contribution in [0.1, 0.15) is 29.8 Å². The smallest absolute Gasteiger partial charge is 0.256 e. The summed E-state index contributed by atoms with van der Waals surface area (Å²) in [5, 5.41) is 9.39. The number of aliphatic hydroxyl groups excluding tert-OH is 1. The van der Waals surface area contributed by atoms with Gasteiger partial charge in [0, 0.05) is 29.2 Å². The lowest BCUT2D eigenvalue weighted by molar-refractivity contribution is 0.0748. The number of hydrogen-bond acceptors (Lipinski definition) is 3. The molecule has 112 valence electrons. The number of thioether (sulfide) groups is 1. The SMILES string of the molecule is CC1CN(C(=O)c2cc(C#CCO)ccc2F)CC(C)S1. The van der Waals surface area contributed by atoms with Crippen LogP contribution in [0.3, 0.4) is 0 Å². The summed E-state index contributed by atoms with van der Waals surface area (Å²) in [6, 6.07) is 4.21. The number of benzene rings is 1. The lowest BCUT2D eigenvalue weighted by atomic mass is 10.1. The molecule has 0 saturated carbocycles. The predicted molar refractivity (Wildman–Crippen MR) is 82.8 cm³/mol. The molecule has 1 saturated heterocycles. The van der Waals surface area contributed by atoms with E-state index in [0.29, 0.717) is 29.2 Å². The third kappa shape index (κ3) is 3.99. The highest BCUT2D eigenvalue weighted by atomic mass is 32.2. The number of carbonyl (C=O) groups is 1. The van der Waals surface area contributed by atoms with E-state index < -0.39 is 5.82 Å².